The summed E-state index contributed by atoms with van der Waals surface area (Å²) in [6, 6.07) is 24.0. The summed E-state index contributed by atoms with van der Waals surface area (Å²) >= 11 is 0. The summed E-state index contributed by atoms with van der Waals surface area (Å²) in [6.07, 6.45) is 1.94. The molecule has 2 heterocycles. The molecule has 0 unspecified atom stereocenters. The first-order valence-corrected chi connectivity index (χ1v) is 9.06. The molecule has 0 amide bonds. The van der Waals surface area contributed by atoms with E-state index in [0.29, 0.717) is 5.82 Å². The van der Waals surface area contributed by atoms with Crippen molar-refractivity contribution in [2.24, 2.45) is 0 Å². The van der Waals surface area contributed by atoms with E-state index in [1.54, 1.807) is 7.11 Å². The summed E-state index contributed by atoms with van der Waals surface area (Å²) in [6.45, 7) is 0. The van der Waals surface area contributed by atoms with E-state index in [1.807, 2.05) is 60.8 Å². The number of nitrogens with zero attached hydrogens (tertiary/aromatic N) is 2. The second-order valence-corrected chi connectivity index (χ2v) is 6.52. The summed E-state index contributed by atoms with van der Waals surface area (Å²) < 4.78 is 5.51. The molecule has 2 aromatic heterocycles. The number of methoxy groups -OCH3 is 1. The molecule has 2 N–H and O–H groups in total. The number of benzene rings is 3. The minimum Gasteiger partial charge on any atom is -0.496 e. The standard InChI is InChI=1S/C23H18N4O/c1-28-21-9-5-3-7-18(21)23-26-20-8-4-2-6-17(20)22(27-23)25-16-10-11-19-15(14-16)12-13-24-19/h2-14,24H,1H3,(H,25,26,27). The van der Waals surface area contributed by atoms with Crippen LogP contribution in [0.4, 0.5) is 11.5 Å². The first-order valence-electron chi connectivity index (χ1n) is 9.06. The van der Waals surface area contributed by atoms with Gasteiger partial charge in [-0.05, 0) is 48.5 Å². The average Bonchev–Trinajstić information content (AvgIpc) is 3.21. The van der Waals surface area contributed by atoms with Crippen LogP contribution in [-0.2, 0) is 0 Å². The molecule has 0 saturated heterocycles. The molecule has 0 atom stereocenters. The van der Waals surface area contributed by atoms with Crippen LogP contribution in [0.5, 0.6) is 5.75 Å². The Morgan fingerprint density at radius 2 is 1.75 bits per heavy atom. The fourth-order valence-electron chi connectivity index (χ4n) is 3.39. The number of H-pyrrole nitrogens is 1. The third-order valence-electron chi connectivity index (χ3n) is 4.77. The largest absolute Gasteiger partial charge is 0.496 e. The van der Waals surface area contributed by atoms with E-state index in [4.69, 9.17) is 14.7 Å². The Bertz CT molecular complexity index is 1290. The molecule has 0 radical (unpaired) electrons. The number of aromatic amines is 1. The first kappa shape index (κ1) is 16.3. The van der Waals surface area contributed by atoms with Crippen molar-refractivity contribution in [3.05, 3.63) is 79.0 Å². The molecular weight excluding hydrogens is 348 g/mol. The van der Waals surface area contributed by atoms with Gasteiger partial charge in [0.2, 0.25) is 0 Å². The zero-order chi connectivity index (χ0) is 18.9. The van der Waals surface area contributed by atoms with Crippen LogP contribution in [0, 0.1) is 0 Å². The van der Waals surface area contributed by atoms with Crippen molar-refractivity contribution in [2.45, 2.75) is 0 Å². The average molecular weight is 366 g/mol. The van der Waals surface area contributed by atoms with E-state index >= 15 is 0 Å². The molecule has 28 heavy (non-hydrogen) atoms. The SMILES string of the molecule is COc1ccccc1-c1nc(Nc2ccc3[nH]ccc3c2)c2ccccc2n1. The van der Waals surface area contributed by atoms with Crippen LogP contribution in [-0.4, -0.2) is 22.1 Å². The number of rotatable bonds is 4. The molecule has 0 aliphatic rings. The summed E-state index contributed by atoms with van der Waals surface area (Å²) in [5, 5.41) is 5.59. The normalized spacial score (nSPS) is 11.0. The van der Waals surface area contributed by atoms with Crippen molar-refractivity contribution in [1.82, 2.24) is 15.0 Å². The highest BCUT2D eigenvalue weighted by Crippen LogP contribution is 2.32. The van der Waals surface area contributed by atoms with Gasteiger partial charge >= 0.3 is 0 Å². The Morgan fingerprint density at radius 1 is 0.893 bits per heavy atom. The molecule has 5 rings (SSSR count). The molecule has 0 fully saturated rings. The van der Waals surface area contributed by atoms with Gasteiger partial charge in [-0.1, -0.05) is 24.3 Å². The van der Waals surface area contributed by atoms with Crippen molar-refractivity contribution in [2.75, 3.05) is 12.4 Å². The van der Waals surface area contributed by atoms with E-state index in [9.17, 15) is 0 Å². The lowest BCUT2D eigenvalue weighted by Gasteiger charge is -2.13. The molecule has 5 heteroatoms. The fourth-order valence-corrected chi connectivity index (χ4v) is 3.39. The molecule has 0 saturated carbocycles. The van der Waals surface area contributed by atoms with Crippen LogP contribution in [0.15, 0.2) is 79.0 Å². The van der Waals surface area contributed by atoms with Gasteiger partial charge in [0.25, 0.3) is 0 Å². The van der Waals surface area contributed by atoms with Gasteiger partial charge in [-0.2, -0.15) is 0 Å². The van der Waals surface area contributed by atoms with Crippen LogP contribution in [0.3, 0.4) is 0 Å². The molecule has 5 aromatic rings. The van der Waals surface area contributed by atoms with Gasteiger partial charge in [0.15, 0.2) is 5.82 Å². The molecule has 0 aliphatic carbocycles. The van der Waals surface area contributed by atoms with Crippen LogP contribution < -0.4 is 10.1 Å². The third kappa shape index (κ3) is 2.83. The Hall–Kier alpha value is -3.86. The summed E-state index contributed by atoms with van der Waals surface area (Å²) in [5.74, 6) is 2.14. The van der Waals surface area contributed by atoms with Crippen molar-refractivity contribution in [1.29, 1.82) is 0 Å². The van der Waals surface area contributed by atoms with Gasteiger partial charge in [-0.15, -0.1) is 0 Å². The van der Waals surface area contributed by atoms with Gasteiger partial charge in [-0.25, -0.2) is 9.97 Å². The lowest BCUT2D eigenvalue weighted by atomic mass is 10.1. The molecule has 5 nitrogen and oxygen atoms in total. The second-order valence-electron chi connectivity index (χ2n) is 6.52. The highest BCUT2D eigenvalue weighted by atomic mass is 16.5. The predicted molar refractivity (Wildman–Crippen MR) is 113 cm³/mol. The molecular formula is C23H18N4O. The van der Waals surface area contributed by atoms with Crippen LogP contribution >= 0.6 is 0 Å². The maximum absolute atomic E-state index is 5.51. The number of hydrogen-bond donors (Lipinski definition) is 2. The minimum absolute atomic E-state index is 0.626. The molecule has 0 spiro atoms. The van der Waals surface area contributed by atoms with E-state index in [2.05, 4.69) is 28.5 Å². The van der Waals surface area contributed by atoms with E-state index in [0.717, 1.165) is 44.6 Å². The summed E-state index contributed by atoms with van der Waals surface area (Å²) in [4.78, 5) is 12.8. The number of para-hydroxylation sites is 2. The monoisotopic (exact) mass is 366 g/mol. The molecule has 0 aliphatic heterocycles. The maximum Gasteiger partial charge on any atom is 0.165 e. The van der Waals surface area contributed by atoms with Crippen LogP contribution in [0.25, 0.3) is 33.2 Å². The lowest BCUT2D eigenvalue weighted by molar-refractivity contribution is 0.416. The lowest BCUT2D eigenvalue weighted by Crippen LogP contribution is -2.00. The number of anilines is 2. The van der Waals surface area contributed by atoms with Gasteiger partial charge in [0.1, 0.15) is 11.6 Å². The molecule has 3 aromatic carbocycles. The highest BCUT2D eigenvalue weighted by molar-refractivity contribution is 5.93. The van der Waals surface area contributed by atoms with Gasteiger partial charge in [0.05, 0.1) is 18.2 Å². The van der Waals surface area contributed by atoms with E-state index in [1.165, 1.54) is 0 Å². The van der Waals surface area contributed by atoms with Crippen LogP contribution in [0.1, 0.15) is 0 Å². The molecule has 136 valence electrons. The summed E-state index contributed by atoms with van der Waals surface area (Å²) in [7, 11) is 1.66. The fraction of sp³-hybridized carbons (Fsp3) is 0.0435. The van der Waals surface area contributed by atoms with Crippen molar-refractivity contribution in [3.63, 3.8) is 0 Å². The van der Waals surface area contributed by atoms with Crippen molar-refractivity contribution >= 4 is 33.3 Å². The number of aromatic nitrogens is 3. The first-order chi connectivity index (χ1) is 13.8. The third-order valence-corrected chi connectivity index (χ3v) is 4.77. The topological polar surface area (TPSA) is 62.8 Å². The Balaban J connectivity index is 1.66. The van der Waals surface area contributed by atoms with Gasteiger partial charge in [-0.3, -0.25) is 0 Å². The predicted octanol–water partition coefficient (Wildman–Crippen LogP) is 5.53. The van der Waals surface area contributed by atoms with Crippen molar-refractivity contribution < 1.29 is 4.74 Å². The Morgan fingerprint density at radius 3 is 2.68 bits per heavy atom. The zero-order valence-electron chi connectivity index (χ0n) is 15.3. The minimum atomic E-state index is 0.626. The smallest absolute Gasteiger partial charge is 0.165 e. The van der Waals surface area contributed by atoms with Crippen LogP contribution in [0.2, 0.25) is 0 Å². The van der Waals surface area contributed by atoms with Gasteiger partial charge in [0, 0.05) is 28.2 Å². The number of fused-ring (bicyclic) bond motifs is 2. The highest BCUT2D eigenvalue weighted by Gasteiger charge is 2.13. The van der Waals surface area contributed by atoms with Crippen molar-refractivity contribution in [3.8, 4) is 17.1 Å². The van der Waals surface area contributed by atoms with Gasteiger partial charge < -0.3 is 15.0 Å². The Kier molecular flexibility index (Phi) is 3.91. The quantitative estimate of drug-likeness (QED) is 0.439. The Labute approximate surface area is 162 Å². The number of hydrogen-bond acceptors (Lipinski definition) is 4. The maximum atomic E-state index is 5.51. The summed E-state index contributed by atoms with van der Waals surface area (Å²) in [5.41, 5.74) is 3.82. The number of nitrogens with one attached hydrogen (secondary N) is 2. The molecule has 0 bridgehead atoms. The number of ether oxygens (including phenoxy) is 1. The van der Waals surface area contributed by atoms with E-state index in [-0.39, 0.29) is 0 Å². The van der Waals surface area contributed by atoms with E-state index < -0.39 is 0 Å². The second kappa shape index (κ2) is 6.70. The zero-order valence-corrected chi connectivity index (χ0v) is 15.3.